The number of fused-ring (bicyclic) bond motifs is 3. The molecular weight excluding hydrogens is 226 g/mol. The first-order valence-electron chi connectivity index (χ1n) is 5.87. The van der Waals surface area contributed by atoms with Crippen LogP contribution in [-0.4, -0.2) is 6.09 Å². The van der Waals surface area contributed by atoms with E-state index in [-0.39, 0.29) is 6.61 Å². The number of hydrogen-bond acceptors (Lipinski definition) is 2. The second-order valence-corrected chi connectivity index (χ2v) is 4.38. The zero-order valence-corrected chi connectivity index (χ0v) is 9.85. The van der Waals surface area contributed by atoms with Crippen molar-refractivity contribution >= 4 is 6.09 Å². The normalized spacial score (nSPS) is 11.8. The van der Waals surface area contributed by atoms with Crippen LogP contribution in [0.4, 0.5) is 4.79 Å². The number of ether oxygens (including phenoxy) is 1. The minimum Gasteiger partial charge on any atom is -0.445 e. The van der Waals surface area contributed by atoms with Crippen LogP contribution in [0, 0.1) is 0 Å². The SMILES string of the molecule is NC(=O)OCc1cccc2c1Cc1ccccc1-2. The molecule has 0 atom stereocenters. The van der Waals surface area contributed by atoms with Crippen molar-refractivity contribution in [2.45, 2.75) is 13.0 Å². The predicted octanol–water partition coefficient (Wildman–Crippen LogP) is 2.85. The largest absolute Gasteiger partial charge is 0.445 e. The third-order valence-electron chi connectivity index (χ3n) is 3.32. The van der Waals surface area contributed by atoms with E-state index in [1.54, 1.807) is 0 Å². The first kappa shape index (κ1) is 10.8. The molecule has 1 aliphatic rings. The predicted molar refractivity (Wildman–Crippen MR) is 69.1 cm³/mol. The number of carbonyl (C=O) groups is 1. The molecule has 3 rings (SSSR count). The molecule has 0 unspecified atom stereocenters. The van der Waals surface area contributed by atoms with Crippen molar-refractivity contribution in [3.05, 3.63) is 59.2 Å². The lowest BCUT2D eigenvalue weighted by atomic mass is 10.0. The molecule has 2 aromatic carbocycles. The smallest absolute Gasteiger partial charge is 0.404 e. The van der Waals surface area contributed by atoms with Gasteiger partial charge in [0.25, 0.3) is 0 Å². The molecule has 3 nitrogen and oxygen atoms in total. The lowest BCUT2D eigenvalue weighted by Crippen LogP contribution is -2.13. The van der Waals surface area contributed by atoms with Gasteiger partial charge in [-0.3, -0.25) is 0 Å². The number of benzene rings is 2. The quantitative estimate of drug-likeness (QED) is 0.747. The van der Waals surface area contributed by atoms with E-state index in [1.165, 1.54) is 22.3 Å². The maximum atomic E-state index is 10.7. The lowest BCUT2D eigenvalue weighted by Gasteiger charge is -2.08. The Balaban J connectivity index is 2.00. The summed E-state index contributed by atoms with van der Waals surface area (Å²) in [4.78, 5) is 10.7. The van der Waals surface area contributed by atoms with Crippen molar-refractivity contribution in [2.75, 3.05) is 0 Å². The van der Waals surface area contributed by atoms with Crippen LogP contribution in [0.1, 0.15) is 16.7 Å². The Bertz CT molecular complexity index is 620. The first-order chi connectivity index (χ1) is 8.75. The molecular formula is C15H13NO2. The molecule has 18 heavy (non-hydrogen) atoms. The van der Waals surface area contributed by atoms with Crippen molar-refractivity contribution < 1.29 is 9.53 Å². The summed E-state index contributed by atoms with van der Waals surface area (Å²) in [5.41, 5.74) is 11.1. The van der Waals surface area contributed by atoms with Crippen LogP contribution < -0.4 is 5.73 Å². The Labute approximate surface area is 105 Å². The Morgan fingerprint density at radius 2 is 1.89 bits per heavy atom. The summed E-state index contributed by atoms with van der Waals surface area (Å²) in [6, 6.07) is 14.4. The topological polar surface area (TPSA) is 52.3 Å². The first-order valence-corrected chi connectivity index (χ1v) is 5.87. The molecule has 0 fully saturated rings. The van der Waals surface area contributed by atoms with Crippen LogP contribution in [0.15, 0.2) is 42.5 Å². The highest BCUT2D eigenvalue weighted by Crippen LogP contribution is 2.38. The molecule has 1 aliphatic carbocycles. The molecule has 90 valence electrons. The van der Waals surface area contributed by atoms with E-state index < -0.39 is 6.09 Å². The van der Waals surface area contributed by atoms with Crippen LogP contribution in [0.3, 0.4) is 0 Å². The van der Waals surface area contributed by atoms with Crippen molar-refractivity contribution in [1.82, 2.24) is 0 Å². The van der Waals surface area contributed by atoms with Crippen molar-refractivity contribution in [1.29, 1.82) is 0 Å². The highest BCUT2D eigenvalue weighted by Gasteiger charge is 2.20. The fraction of sp³-hybridized carbons (Fsp3) is 0.133. The van der Waals surface area contributed by atoms with Gasteiger partial charge in [0, 0.05) is 0 Å². The molecule has 0 bridgehead atoms. The van der Waals surface area contributed by atoms with E-state index >= 15 is 0 Å². The van der Waals surface area contributed by atoms with E-state index in [0.29, 0.717) is 0 Å². The Morgan fingerprint density at radius 1 is 1.11 bits per heavy atom. The van der Waals surface area contributed by atoms with Gasteiger partial charge < -0.3 is 10.5 Å². The fourth-order valence-corrected chi connectivity index (χ4v) is 2.51. The average Bonchev–Trinajstić information content (AvgIpc) is 2.75. The second kappa shape index (κ2) is 4.18. The standard InChI is InChI=1S/C15H13NO2/c16-15(17)18-9-11-5-3-7-13-12-6-2-1-4-10(12)8-14(11)13/h1-7H,8-9H2,(H2,16,17). The van der Waals surface area contributed by atoms with Crippen molar-refractivity contribution in [3.8, 4) is 11.1 Å². The molecule has 1 amide bonds. The van der Waals surface area contributed by atoms with Crippen molar-refractivity contribution in [3.63, 3.8) is 0 Å². The molecule has 0 radical (unpaired) electrons. The Morgan fingerprint density at radius 3 is 2.72 bits per heavy atom. The van der Waals surface area contributed by atoms with Gasteiger partial charge in [-0.25, -0.2) is 4.79 Å². The van der Waals surface area contributed by atoms with Crippen LogP contribution in [-0.2, 0) is 17.8 Å². The maximum Gasteiger partial charge on any atom is 0.404 e. The summed E-state index contributed by atoms with van der Waals surface area (Å²) >= 11 is 0. The highest BCUT2D eigenvalue weighted by molar-refractivity contribution is 5.77. The number of nitrogens with two attached hydrogens (primary N) is 1. The third kappa shape index (κ3) is 1.74. The fourth-order valence-electron chi connectivity index (χ4n) is 2.51. The van der Waals surface area contributed by atoms with Crippen LogP contribution >= 0.6 is 0 Å². The molecule has 0 saturated carbocycles. The average molecular weight is 239 g/mol. The van der Waals surface area contributed by atoms with E-state index in [9.17, 15) is 4.79 Å². The highest BCUT2D eigenvalue weighted by atomic mass is 16.5. The molecule has 0 saturated heterocycles. The second-order valence-electron chi connectivity index (χ2n) is 4.38. The summed E-state index contributed by atoms with van der Waals surface area (Å²) in [5.74, 6) is 0. The summed E-state index contributed by atoms with van der Waals surface area (Å²) in [5, 5.41) is 0. The van der Waals surface area contributed by atoms with Gasteiger partial charge in [-0.05, 0) is 34.2 Å². The molecule has 2 N–H and O–H groups in total. The van der Waals surface area contributed by atoms with Crippen LogP contribution in [0.5, 0.6) is 0 Å². The van der Waals surface area contributed by atoms with Gasteiger partial charge in [-0.15, -0.1) is 0 Å². The minimum atomic E-state index is -0.733. The molecule has 0 heterocycles. The molecule has 2 aromatic rings. The molecule has 0 spiro atoms. The van der Waals surface area contributed by atoms with E-state index in [0.717, 1.165) is 12.0 Å². The summed E-state index contributed by atoms with van der Waals surface area (Å²) in [7, 11) is 0. The Hall–Kier alpha value is -2.29. The molecule has 0 aliphatic heterocycles. The van der Waals surface area contributed by atoms with Gasteiger partial charge in [-0.2, -0.15) is 0 Å². The van der Waals surface area contributed by atoms with Gasteiger partial charge >= 0.3 is 6.09 Å². The zero-order valence-electron chi connectivity index (χ0n) is 9.85. The molecule has 3 heteroatoms. The van der Waals surface area contributed by atoms with Gasteiger partial charge in [0.15, 0.2) is 0 Å². The lowest BCUT2D eigenvalue weighted by molar-refractivity contribution is 0.150. The van der Waals surface area contributed by atoms with Gasteiger partial charge in [0.2, 0.25) is 0 Å². The maximum absolute atomic E-state index is 10.7. The van der Waals surface area contributed by atoms with Crippen LogP contribution in [0.2, 0.25) is 0 Å². The van der Waals surface area contributed by atoms with E-state index in [4.69, 9.17) is 10.5 Å². The zero-order chi connectivity index (χ0) is 12.5. The van der Waals surface area contributed by atoms with Gasteiger partial charge in [0.1, 0.15) is 6.61 Å². The van der Waals surface area contributed by atoms with E-state index in [1.807, 2.05) is 24.3 Å². The minimum absolute atomic E-state index is 0.243. The Kier molecular flexibility index (Phi) is 2.52. The number of primary amides is 1. The molecule has 0 aromatic heterocycles. The number of hydrogen-bond donors (Lipinski definition) is 1. The van der Waals surface area contributed by atoms with Gasteiger partial charge in [0.05, 0.1) is 0 Å². The summed E-state index contributed by atoms with van der Waals surface area (Å²) < 4.78 is 4.89. The van der Waals surface area contributed by atoms with Crippen molar-refractivity contribution in [2.24, 2.45) is 5.73 Å². The third-order valence-corrected chi connectivity index (χ3v) is 3.32. The number of amides is 1. The summed E-state index contributed by atoms with van der Waals surface area (Å²) in [6.07, 6.45) is 0.159. The number of carbonyl (C=O) groups excluding carboxylic acids is 1. The monoisotopic (exact) mass is 239 g/mol. The summed E-state index contributed by atoms with van der Waals surface area (Å²) in [6.45, 7) is 0.243. The van der Waals surface area contributed by atoms with Crippen LogP contribution in [0.25, 0.3) is 11.1 Å². The van der Waals surface area contributed by atoms with Gasteiger partial charge in [-0.1, -0.05) is 42.5 Å². The van der Waals surface area contributed by atoms with E-state index in [2.05, 4.69) is 18.2 Å². The number of rotatable bonds is 2.